The lowest BCUT2D eigenvalue weighted by Crippen LogP contribution is -2.47. The summed E-state index contributed by atoms with van der Waals surface area (Å²) >= 11 is 0. The molecule has 0 aromatic rings. The van der Waals surface area contributed by atoms with Crippen molar-refractivity contribution in [3.63, 3.8) is 0 Å². The number of primary amides is 1. The van der Waals surface area contributed by atoms with Crippen molar-refractivity contribution >= 4 is 5.91 Å². The summed E-state index contributed by atoms with van der Waals surface area (Å²) < 4.78 is 0. The van der Waals surface area contributed by atoms with Crippen LogP contribution in [0.2, 0.25) is 0 Å². The van der Waals surface area contributed by atoms with Crippen LogP contribution >= 0.6 is 0 Å². The van der Waals surface area contributed by atoms with E-state index in [1.165, 1.54) is 0 Å². The van der Waals surface area contributed by atoms with Gasteiger partial charge in [0.15, 0.2) is 0 Å². The molecule has 0 spiro atoms. The van der Waals surface area contributed by atoms with E-state index in [-0.39, 0.29) is 5.91 Å². The monoisotopic (exact) mass is 197 g/mol. The summed E-state index contributed by atoms with van der Waals surface area (Å²) in [4.78, 5) is 13.2. The number of hydrogen-bond acceptors (Lipinski definition) is 3. The second-order valence-corrected chi connectivity index (χ2v) is 3.74. The van der Waals surface area contributed by atoms with Crippen LogP contribution in [-0.2, 0) is 4.79 Å². The summed E-state index contributed by atoms with van der Waals surface area (Å²) in [5, 5.41) is 3.29. The van der Waals surface area contributed by atoms with E-state index >= 15 is 0 Å². The molecule has 1 amide bonds. The van der Waals surface area contributed by atoms with Gasteiger partial charge in [-0.05, 0) is 13.8 Å². The van der Waals surface area contributed by atoms with Gasteiger partial charge in [-0.1, -0.05) is 6.08 Å². The number of nitrogens with zero attached hydrogens (tertiary/aromatic N) is 1. The van der Waals surface area contributed by atoms with Gasteiger partial charge in [0.25, 0.3) is 0 Å². The van der Waals surface area contributed by atoms with Crippen molar-refractivity contribution in [2.45, 2.75) is 19.9 Å². The zero-order chi connectivity index (χ0) is 10.6. The lowest BCUT2D eigenvalue weighted by atomic mass is 10.1. The molecule has 1 unspecified atom stereocenters. The highest BCUT2D eigenvalue weighted by atomic mass is 16.1. The molecule has 1 aliphatic heterocycles. The van der Waals surface area contributed by atoms with Crippen molar-refractivity contribution in [1.82, 2.24) is 10.2 Å². The van der Waals surface area contributed by atoms with Gasteiger partial charge >= 0.3 is 0 Å². The van der Waals surface area contributed by atoms with E-state index in [2.05, 4.69) is 17.1 Å². The number of piperazine rings is 1. The zero-order valence-corrected chi connectivity index (χ0v) is 8.92. The smallest absolute Gasteiger partial charge is 0.244 e. The van der Waals surface area contributed by atoms with Gasteiger partial charge < -0.3 is 11.1 Å². The van der Waals surface area contributed by atoms with E-state index in [1.807, 2.05) is 6.08 Å². The van der Waals surface area contributed by atoms with Crippen molar-refractivity contribution in [2.75, 3.05) is 26.2 Å². The fourth-order valence-electron chi connectivity index (χ4n) is 1.64. The van der Waals surface area contributed by atoms with Crippen LogP contribution in [0, 0.1) is 0 Å². The van der Waals surface area contributed by atoms with Crippen LogP contribution in [0.5, 0.6) is 0 Å². The molecule has 1 aliphatic rings. The molecule has 0 aromatic heterocycles. The van der Waals surface area contributed by atoms with Crippen LogP contribution in [0.1, 0.15) is 13.8 Å². The maximum atomic E-state index is 10.8. The Labute approximate surface area is 85.1 Å². The van der Waals surface area contributed by atoms with Crippen molar-refractivity contribution in [1.29, 1.82) is 0 Å². The van der Waals surface area contributed by atoms with Crippen LogP contribution in [0.15, 0.2) is 11.6 Å². The molecule has 1 fully saturated rings. The molecule has 0 radical (unpaired) electrons. The molecule has 1 rings (SSSR count). The van der Waals surface area contributed by atoms with Gasteiger partial charge in [-0.25, -0.2) is 0 Å². The third-order valence-electron chi connectivity index (χ3n) is 2.61. The van der Waals surface area contributed by atoms with Gasteiger partial charge in [0.2, 0.25) is 5.91 Å². The zero-order valence-electron chi connectivity index (χ0n) is 8.92. The van der Waals surface area contributed by atoms with E-state index in [1.54, 1.807) is 6.92 Å². The molecular formula is C10H19N3O. The summed E-state index contributed by atoms with van der Waals surface area (Å²) in [6.45, 7) is 7.97. The third kappa shape index (κ3) is 3.12. The first kappa shape index (κ1) is 11.2. The van der Waals surface area contributed by atoms with Crippen molar-refractivity contribution in [2.24, 2.45) is 5.73 Å². The van der Waals surface area contributed by atoms with Gasteiger partial charge in [0.05, 0.1) is 0 Å². The molecule has 1 heterocycles. The lowest BCUT2D eigenvalue weighted by Gasteiger charge is -2.31. The molecule has 1 saturated heterocycles. The quantitative estimate of drug-likeness (QED) is 0.611. The largest absolute Gasteiger partial charge is 0.366 e. The summed E-state index contributed by atoms with van der Waals surface area (Å²) in [5.74, 6) is -0.327. The standard InChI is InChI=1S/C10H19N3O/c1-8(10(11)14)7-9(2)13-5-3-12-4-6-13/h7,9,12H,3-6H2,1-2H3,(H2,11,14)/b8-7+. The molecule has 4 heteroatoms. The number of rotatable bonds is 3. The average Bonchev–Trinajstić information content (AvgIpc) is 2.19. The minimum absolute atomic E-state index is 0.296. The number of carbonyl (C=O) groups excluding carboxylic acids is 1. The van der Waals surface area contributed by atoms with E-state index in [0.29, 0.717) is 11.6 Å². The second kappa shape index (κ2) is 5.12. The highest BCUT2D eigenvalue weighted by molar-refractivity contribution is 5.91. The third-order valence-corrected chi connectivity index (χ3v) is 2.61. The first-order valence-corrected chi connectivity index (χ1v) is 5.04. The minimum Gasteiger partial charge on any atom is -0.366 e. The molecule has 80 valence electrons. The van der Waals surface area contributed by atoms with E-state index in [9.17, 15) is 4.79 Å². The number of nitrogens with two attached hydrogens (primary N) is 1. The topological polar surface area (TPSA) is 58.4 Å². The Balaban J connectivity index is 2.51. The molecule has 0 saturated carbocycles. The summed E-state index contributed by atoms with van der Waals surface area (Å²) in [7, 11) is 0. The number of amides is 1. The van der Waals surface area contributed by atoms with Crippen LogP contribution < -0.4 is 11.1 Å². The molecule has 3 N–H and O–H groups in total. The first-order chi connectivity index (χ1) is 6.61. The predicted molar refractivity (Wildman–Crippen MR) is 56.9 cm³/mol. The van der Waals surface area contributed by atoms with E-state index in [4.69, 9.17) is 5.73 Å². The molecular weight excluding hydrogens is 178 g/mol. The highest BCUT2D eigenvalue weighted by Gasteiger charge is 2.14. The molecule has 4 nitrogen and oxygen atoms in total. The maximum Gasteiger partial charge on any atom is 0.244 e. The van der Waals surface area contributed by atoms with E-state index < -0.39 is 0 Å². The molecule has 0 aromatic carbocycles. The Morgan fingerprint density at radius 3 is 2.57 bits per heavy atom. The second-order valence-electron chi connectivity index (χ2n) is 3.74. The van der Waals surface area contributed by atoms with Crippen molar-refractivity contribution in [3.05, 3.63) is 11.6 Å². The summed E-state index contributed by atoms with van der Waals surface area (Å²) in [6.07, 6.45) is 1.94. The maximum absolute atomic E-state index is 10.8. The van der Waals surface area contributed by atoms with Gasteiger partial charge in [-0.3, -0.25) is 9.69 Å². The number of nitrogens with one attached hydrogen (secondary N) is 1. The Morgan fingerprint density at radius 1 is 1.50 bits per heavy atom. The SMILES string of the molecule is C/C(=C\C(C)N1CCNCC1)C(N)=O. The molecule has 14 heavy (non-hydrogen) atoms. The molecule has 1 atom stereocenters. The summed E-state index contributed by atoms with van der Waals surface area (Å²) in [5.41, 5.74) is 5.82. The molecule has 0 bridgehead atoms. The summed E-state index contributed by atoms with van der Waals surface area (Å²) in [6, 6.07) is 0.296. The van der Waals surface area contributed by atoms with Crippen LogP contribution in [-0.4, -0.2) is 43.0 Å². The van der Waals surface area contributed by atoms with Gasteiger partial charge in [0, 0.05) is 37.8 Å². The van der Waals surface area contributed by atoms with Gasteiger partial charge in [-0.2, -0.15) is 0 Å². The van der Waals surface area contributed by atoms with Crippen LogP contribution in [0.4, 0.5) is 0 Å². The predicted octanol–water partition coefficient (Wildman–Crippen LogP) is -0.288. The van der Waals surface area contributed by atoms with Crippen LogP contribution in [0.3, 0.4) is 0 Å². The number of carbonyl (C=O) groups is 1. The van der Waals surface area contributed by atoms with Gasteiger partial charge in [-0.15, -0.1) is 0 Å². The first-order valence-electron chi connectivity index (χ1n) is 5.04. The van der Waals surface area contributed by atoms with Gasteiger partial charge in [0.1, 0.15) is 0 Å². The van der Waals surface area contributed by atoms with E-state index in [0.717, 1.165) is 26.2 Å². The number of hydrogen-bond donors (Lipinski definition) is 2. The Bertz CT molecular complexity index is 232. The fraction of sp³-hybridized carbons (Fsp3) is 0.700. The van der Waals surface area contributed by atoms with Crippen LogP contribution in [0.25, 0.3) is 0 Å². The fourth-order valence-corrected chi connectivity index (χ4v) is 1.64. The average molecular weight is 197 g/mol. The minimum atomic E-state index is -0.327. The Kier molecular flexibility index (Phi) is 4.10. The lowest BCUT2D eigenvalue weighted by molar-refractivity contribution is -0.114. The highest BCUT2D eigenvalue weighted by Crippen LogP contribution is 2.05. The Hall–Kier alpha value is -0.870. The molecule has 0 aliphatic carbocycles. The van der Waals surface area contributed by atoms with Crippen molar-refractivity contribution in [3.8, 4) is 0 Å². The Morgan fingerprint density at radius 2 is 2.07 bits per heavy atom. The van der Waals surface area contributed by atoms with Crippen molar-refractivity contribution < 1.29 is 4.79 Å². The normalized spacial score (nSPS) is 22.0.